The van der Waals surface area contributed by atoms with E-state index in [1.807, 2.05) is 6.92 Å². The number of piperidine rings is 1. The van der Waals surface area contributed by atoms with Crippen LogP contribution in [0.15, 0.2) is 0 Å². The van der Waals surface area contributed by atoms with E-state index in [2.05, 4.69) is 15.1 Å². The fourth-order valence-corrected chi connectivity index (χ4v) is 3.35. The third kappa shape index (κ3) is 3.43. The van der Waals surface area contributed by atoms with Crippen LogP contribution in [-0.4, -0.2) is 49.2 Å². The van der Waals surface area contributed by atoms with E-state index < -0.39 is 0 Å². The highest BCUT2D eigenvalue weighted by Crippen LogP contribution is 2.25. The van der Waals surface area contributed by atoms with Gasteiger partial charge in [0.15, 0.2) is 0 Å². The summed E-state index contributed by atoms with van der Waals surface area (Å²) in [7, 11) is 0. The predicted octanol–water partition coefficient (Wildman–Crippen LogP) is 1.87. The fourth-order valence-electron chi connectivity index (χ4n) is 2.61. The monoisotopic (exact) mass is 283 g/mol. The summed E-state index contributed by atoms with van der Waals surface area (Å²) in [4.78, 5) is 2.32. The van der Waals surface area contributed by atoms with Crippen molar-refractivity contribution in [2.75, 3.05) is 37.8 Å². The molecule has 6 heteroatoms. The van der Waals surface area contributed by atoms with Gasteiger partial charge in [-0.1, -0.05) is 11.3 Å². The predicted molar refractivity (Wildman–Crippen MR) is 74.8 cm³/mol. The highest BCUT2D eigenvalue weighted by atomic mass is 32.1. The van der Waals surface area contributed by atoms with Gasteiger partial charge in [-0.2, -0.15) is 0 Å². The normalized spacial score (nSPS) is 25.1. The van der Waals surface area contributed by atoms with Crippen molar-refractivity contribution in [3.8, 4) is 0 Å². The maximum absolute atomic E-state index is 6.02. The second-order valence-corrected chi connectivity index (χ2v) is 6.51. The van der Waals surface area contributed by atoms with Crippen LogP contribution < -0.4 is 4.90 Å². The molecule has 0 bridgehead atoms. The van der Waals surface area contributed by atoms with Crippen molar-refractivity contribution in [3.05, 3.63) is 5.01 Å². The van der Waals surface area contributed by atoms with Crippen molar-refractivity contribution in [1.29, 1.82) is 0 Å². The third-order valence-electron chi connectivity index (χ3n) is 3.82. The molecule has 3 heterocycles. The van der Waals surface area contributed by atoms with Gasteiger partial charge in [0.1, 0.15) is 5.01 Å². The Hall–Kier alpha value is -0.720. The summed E-state index contributed by atoms with van der Waals surface area (Å²) in [6.45, 7) is 6.70. The first-order valence-corrected chi connectivity index (χ1v) is 7.87. The number of anilines is 1. The zero-order chi connectivity index (χ0) is 13.1. The quantitative estimate of drug-likeness (QED) is 0.844. The van der Waals surface area contributed by atoms with Crippen LogP contribution >= 0.6 is 11.3 Å². The molecule has 1 aromatic rings. The Labute approximate surface area is 117 Å². The van der Waals surface area contributed by atoms with Gasteiger partial charge in [-0.3, -0.25) is 0 Å². The van der Waals surface area contributed by atoms with Crippen molar-refractivity contribution >= 4 is 16.5 Å². The summed E-state index contributed by atoms with van der Waals surface area (Å²) >= 11 is 1.68. The van der Waals surface area contributed by atoms with Crippen molar-refractivity contribution in [2.45, 2.75) is 32.3 Å². The van der Waals surface area contributed by atoms with Crippen molar-refractivity contribution in [3.63, 3.8) is 0 Å². The third-order valence-corrected chi connectivity index (χ3v) is 4.72. The molecular formula is C13H21N3O2S. The van der Waals surface area contributed by atoms with Gasteiger partial charge in [0.25, 0.3) is 0 Å². The Morgan fingerprint density at radius 1 is 1.32 bits per heavy atom. The van der Waals surface area contributed by atoms with Crippen LogP contribution in [0.4, 0.5) is 5.13 Å². The molecule has 1 unspecified atom stereocenters. The lowest BCUT2D eigenvalue weighted by molar-refractivity contribution is 0.0131. The molecule has 0 radical (unpaired) electrons. The van der Waals surface area contributed by atoms with Crippen LogP contribution in [-0.2, 0) is 9.47 Å². The number of ether oxygens (including phenoxy) is 2. The number of hydrogen-bond donors (Lipinski definition) is 0. The summed E-state index contributed by atoms with van der Waals surface area (Å²) < 4.78 is 11.4. The second-order valence-electron chi connectivity index (χ2n) is 5.35. The van der Waals surface area contributed by atoms with E-state index in [-0.39, 0.29) is 0 Å². The molecule has 1 aromatic heterocycles. The van der Waals surface area contributed by atoms with Gasteiger partial charge in [0.2, 0.25) is 5.13 Å². The highest BCUT2D eigenvalue weighted by molar-refractivity contribution is 7.15. The molecule has 5 nitrogen and oxygen atoms in total. The molecule has 2 saturated heterocycles. The molecule has 0 aromatic carbocycles. The largest absolute Gasteiger partial charge is 0.381 e. The van der Waals surface area contributed by atoms with E-state index in [0.29, 0.717) is 12.0 Å². The van der Waals surface area contributed by atoms with Gasteiger partial charge in [-0.15, -0.1) is 10.2 Å². The van der Waals surface area contributed by atoms with Gasteiger partial charge < -0.3 is 14.4 Å². The Balaban J connectivity index is 1.41. The average molecular weight is 283 g/mol. The van der Waals surface area contributed by atoms with Crippen LogP contribution in [0.5, 0.6) is 0 Å². The van der Waals surface area contributed by atoms with Crippen molar-refractivity contribution in [2.24, 2.45) is 5.92 Å². The molecule has 3 rings (SSSR count). The number of rotatable bonds is 4. The molecule has 106 valence electrons. The summed E-state index contributed by atoms with van der Waals surface area (Å²) in [5, 5.41) is 10.4. The minimum absolute atomic E-state index is 0.408. The molecule has 0 aliphatic carbocycles. The van der Waals surface area contributed by atoms with Crippen molar-refractivity contribution in [1.82, 2.24) is 10.2 Å². The second kappa shape index (κ2) is 6.15. The Kier molecular flexibility index (Phi) is 4.30. The first-order chi connectivity index (χ1) is 9.31. The Morgan fingerprint density at radius 2 is 2.16 bits per heavy atom. The number of aryl methyl sites for hydroxylation is 1. The number of aromatic nitrogens is 2. The van der Waals surface area contributed by atoms with Gasteiger partial charge >= 0.3 is 0 Å². The Bertz CT molecular complexity index is 398. The van der Waals surface area contributed by atoms with Crippen LogP contribution in [0.3, 0.4) is 0 Å². The molecule has 2 fully saturated rings. The highest BCUT2D eigenvalue weighted by Gasteiger charge is 2.24. The number of hydrogen-bond acceptors (Lipinski definition) is 6. The van der Waals surface area contributed by atoms with E-state index in [1.54, 1.807) is 11.3 Å². The topological polar surface area (TPSA) is 47.5 Å². The first-order valence-electron chi connectivity index (χ1n) is 7.05. The van der Waals surface area contributed by atoms with E-state index in [0.717, 1.165) is 62.3 Å². The van der Waals surface area contributed by atoms with E-state index in [1.165, 1.54) is 0 Å². The van der Waals surface area contributed by atoms with Gasteiger partial charge in [0, 0.05) is 25.6 Å². The molecular weight excluding hydrogens is 262 g/mol. The summed E-state index contributed by atoms with van der Waals surface area (Å²) in [6, 6.07) is 0. The van der Waals surface area contributed by atoms with Gasteiger partial charge in [-0.05, 0) is 26.2 Å². The van der Waals surface area contributed by atoms with Crippen LogP contribution in [0.25, 0.3) is 0 Å². The minimum Gasteiger partial charge on any atom is -0.381 e. The molecule has 0 spiro atoms. The van der Waals surface area contributed by atoms with Gasteiger partial charge in [0.05, 0.1) is 19.3 Å². The number of nitrogens with zero attached hydrogens (tertiary/aromatic N) is 3. The lowest BCUT2D eigenvalue weighted by Gasteiger charge is -2.31. The molecule has 0 saturated carbocycles. The van der Waals surface area contributed by atoms with E-state index in [9.17, 15) is 0 Å². The minimum atomic E-state index is 0.408. The molecule has 0 N–H and O–H groups in total. The smallest absolute Gasteiger partial charge is 0.208 e. The maximum atomic E-state index is 6.02. The zero-order valence-corrected chi connectivity index (χ0v) is 12.2. The van der Waals surface area contributed by atoms with Gasteiger partial charge in [-0.25, -0.2) is 0 Å². The van der Waals surface area contributed by atoms with Crippen molar-refractivity contribution < 1.29 is 9.47 Å². The van der Waals surface area contributed by atoms with Crippen LogP contribution in [0, 0.1) is 12.8 Å². The molecule has 2 aliphatic heterocycles. The molecule has 19 heavy (non-hydrogen) atoms. The maximum Gasteiger partial charge on any atom is 0.208 e. The lowest BCUT2D eigenvalue weighted by Crippen LogP contribution is -2.37. The van der Waals surface area contributed by atoms with Crippen LogP contribution in [0.2, 0.25) is 0 Å². The van der Waals surface area contributed by atoms with Crippen LogP contribution in [0.1, 0.15) is 24.3 Å². The summed E-state index contributed by atoms with van der Waals surface area (Å²) in [5.74, 6) is 0.615. The fraction of sp³-hybridized carbons (Fsp3) is 0.846. The van der Waals surface area contributed by atoms with E-state index in [4.69, 9.17) is 9.47 Å². The standard InChI is InChI=1S/C13H21N3O2S/c1-10-14-15-13(19-10)16-5-2-12(3-6-16)18-9-11-4-7-17-8-11/h11-12H,2-9H2,1H3. The summed E-state index contributed by atoms with van der Waals surface area (Å²) in [5.41, 5.74) is 0. The first kappa shape index (κ1) is 13.3. The summed E-state index contributed by atoms with van der Waals surface area (Å²) in [6.07, 6.45) is 3.74. The van der Waals surface area contributed by atoms with E-state index >= 15 is 0 Å². The molecule has 0 amide bonds. The zero-order valence-electron chi connectivity index (χ0n) is 11.4. The molecule has 2 aliphatic rings. The average Bonchev–Trinajstić information content (AvgIpc) is 3.08. The lowest BCUT2D eigenvalue weighted by atomic mass is 10.1. The molecule has 1 atom stereocenters. The Morgan fingerprint density at radius 3 is 2.79 bits per heavy atom. The SMILES string of the molecule is Cc1nnc(N2CCC(OCC3CCOC3)CC2)s1.